The molecule has 0 radical (unpaired) electrons. The monoisotopic (exact) mass is 460 g/mol. The Kier molecular flexibility index (Phi) is 5.60. The number of benzene rings is 4. The molecule has 4 aromatic carbocycles. The van der Waals surface area contributed by atoms with Crippen molar-refractivity contribution in [1.82, 2.24) is 0 Å². The van der Waals surface area contributed by atoms with Crippen molar-refractivity contribution < 1.29 is 13.9 Å². The summed E-state index contributed by atoms with van der Waals surface area (Å²) in [7, 11) is 0. The molecule has 0 atom stereocenters. The van der Waals surface area contributed by atoms with Gasteiger partial charge in [-0.05, 0) is 34.4 Å². The lowest BCUT2D eigenvalue weighted by Gasteiger charge is -2.10. The maximum atomic E-state index is 12.5. The van der Waals surface area contributed by atoms with E-state index in [0.717, 1.165) is 31.8 Å². The molecule has 4 nitrogen and oxygen atoms in total. The zero-order valence-electron chi connectivity index (χ0n) is 16.8. The van der Waals surface area contributed by atoms with E-state index in [4.69, 9.17) is 20.8 Å². The molecule has 6 heteroatoms. The summed E-state index contributed by atoms with van der Waals surface area (Å²) in [4.78, 5) is 25.5. The summed E-state index contributed by atoms with van der Waals surface area (Å²) < 4.78 is 10.9. The van der Waals surface area contributed by atoms with Crippen molar-refractivity contribution >= 4 is 61.8 Å². The van der Waals surface area contributed by atoms with Crippen LogP contribution < -0.4 is 5.63 Å². The molecule has 0 saturated carbocycles. The van der Waals surface area contributed by atoms with Gasteiger partial charge in [0.05, 0.1) is 5.75 Å². The number of hydrogen-bond donors (Lipinski definition) is 0. The fourth-order valence-electron chi connectivity index (χ4n) is 3.85. The molecule has 0 unspecified atom stereocenters. The lowest BCUT2D eigenvalue weighted by Crippen LogP contribution is -2.09. The van der Waals surface area contributed by atoms with Crippen molar-refractivity contribution in [3.63, 3.8) is 0 Å². The van der Waals surface area contributed by atoms with Crippen molar-refractivity contribution in [3.8, 4) is 0 Å². The number of thioether (sulfide) groups is 1. The average molecular weight is 461 g/mol. The highest BCUT2D eigenvalue weighted by Gasteiger charge is 2.13. The molecule has 0 N–H and O–H groups in total. The van der Waals surface area contributed by atoms with Crippen LogP contribution in [0.1, 0.15) is 5.56 Å². The van der Waals surface area contributed by atoms with E-state index in [9.17, 15) is 9.59 Å². The Hall–Kier alpha value is -3.28. The van der Waals surface area contributed by atoms with Crippen LogP contribution in [0.4, 0.5) is 0 Å². The molecule has 0 bridgehead atoms. The molecular weight excluding hydrogens is 444 g/mol. The highest BCUT2D eigenvalue weighted by atomic mass is 35.5. The van der Waals surface area contributed by atoms with Gasteiger partial charge in [-0.15, -0.1) is 11.8 Å². The van der Waals surface area contributed by atoms with E-state index in [2.05, 4.69) is 0 Å². The lowest BCUT2D eigenvalue weighted by molar-refractivity contribution is -0.141. The molecule has 0 aliphatic heterocycles. The first-order valence-corrected chi connectivity index (χ1v) is 11.4. The Morgan fingerprint density at radius 1 is 0.906 bits per heavy atom. The van der Waals surface area contributed by atoms with E-state index in [0.29, 0.717) is 16.2 Å². The van der Waals surface area contributed by atoms with E-state index in [1.54, 1.807) is 6.07 Å². The average Bonchev–Trinajstić information content (AvgIpc) is 2.81. The number of hydrogen-bond acceptors (Lipinski definition) is 5. The summed E-state index contributed by atoms with van der Waals surface area (Å²) in [6, 6.07) is 24.5. The van der Waals surface area contributed by atoms with Gasteiger partial charge in [-0.25, -0.2) is 4.79 Å². The molecule has 5 rings (SSSR count). The fraction of sp³-hybridized carbons (Fsp3) is 0.0769. The second-order valence-electron chi connectivity index (χ2n) is 7.29. The van der Waals surface area contributed by atoms with E-state index < -0.39 is 5.63 Å². The van der Waals surface area contributed by atoms with Crippen LogP contribution in [0.15, 0.2) is 93.0 Å². The summed E-state index contributed by atoms with van der Waals surface area (Å²) in [5.74, 6) is -0.245. The van der Waals surface area contributed by atoms with Crippen LogP contribution in [0.5, 0.6) is 0 Å². The van der Waals surface area contributed by atoms with Crippen LogP contribution in [-0.2, 0) is 16.1 Å². The van der Waals surface area contributed by atoms with Crippen LogP contribution in [0.3, 0.4) is 0 Å². The van der Waals surface area contributed by atoms with Crippen molar-refractivity contribution in [2.75, 3.05) is 5.75 Å². The van der Waals surface area contributed by atoms with E-state index in [1.165, 1.54) is 17.8 Å². The third kappa shape index (κ3) is 3.97. The first kappa shape index (κ1) is 20.6. The first-order chi connectivity index (χ1) is 15.6. The zero-order chi connectivity index (χ0) is 22.1. The Morgan fingerprint density at radius 2 is 1.69 bits per heavy atom. The molecule has 1 heterocycles. The van der Waals surface area contributed by atoms with Crippen LogP contribution >= 0.6 is 23.4 Å². The van der Waals surface area contributed by atoms with Crippen LogP contribution in [0.2, 0.25) is 5.02 Å². The molecule has 0 aliphatic rings. The normalized spacial score (nSPS) is 11.3. The molecule has 158 valence electrons. The first-order valence-electron chi connectivity index (χ1n) is 10.0. The van der Waals surface area contributed by atoms with Crippen molar-refractivity contribution in [2.24, 2.45) is 0 Å². The van der Waals surface area contributed by atoms with Crippen molar-refractivity contribution in [3.05, 3.63) is 99.9 Å². The number of carbonyl (C=O) groups excluding carboxylic acids is 1. The van der Waals surface area contributed by atoms with Gasteiger partial charge in [-0.3, -0.25) is 4.79 Å². The molecule has 1 aromatic heterocycles. The number of rotatable bonds is 5. The molecule has 0 saturated heterocycles. The number of ether oxygens (including phenoxy) is 1. The fourth-order valence-corrected chi connectivity index (χ4v) is 5.10. The quantitative estimate of drug-likeness (QED) is 0.128. The predicted octanol–water partition coefficient (Wildman–Crippen LogP) is 6.59. The Morgan fingerprint density at radius 3 is 2.56 bits per heavy atom. The standard InChI is InChI=1S/C26H17ClO4S/c27-20-9-3-6-17-7-4-10-22(26(17)20)32-15-24(29)30-14-18-13-23(28)31-21-12-11-16-5-1-2-8-19(16)25(18)21/h1-13H,14-15H2. The van der Waals surface area contributed by atoms with Gasteiger partial charge < -0.3 is 9.15 Å². The summed E-state index contributed by atoms with van der Waals surface area (Å²) in [5.41, 5.74) is 0.625. The third-order valence-corrected chi connectivity index (χ3v) is 6.61. The summed E-state index contributed by atoms with van der Waals surface area (Å²) >= 11 is 7.75. The smallest absolute Gasteiger partial charge is 0.336 e. The van der Waals surface area contributed by atoms with Gasteiger partial charge in [0.25, 0.3) is 0 Å². The number of esters is 1. The van der Waals surface area contributed by atoms with Gasteiger partial charge >= 0.3 is 11.6 Å². The molecule has 0 fully saturated rings. The van der Waals surface area contributed by atoms with Gasteiger partial charge in [0.15, 0.2) is 0 Å². The predicted molar refractivity (Wildman–Crippen MR) is 129 cm³/mol. The van der Waals surface area contributed by atoms with Crippen LogP contribution in [0.25, 0.3) is 32.5 Å². The van der Waals surface area contributed by atoms with Gasteiger partial charge in [0.2, 0.25) is 0 Å². The van der Waals surface area contributed by atoms with Gasteiger partial charge in [-0.1, -0.05) is 66.2 Å². The number of fused-ring (bicyclic) bond motifs is 4. The largest absolute Gasteiger partial charge is 0.460 e. The van der Waals surface area contributed by atoms with E-state index in [1.807, 2.05) is 66.7 Å². The minimum absolute atomic E-state index is 0.00814. The highest BCUT2D eigenvalue weighted by Crippen LogP contribution is 2.33. The molecule has 0 amide bonds. The van der Waals surface area contributed by atoms with E-state index >= 15 is 0 Å². The second-order valence-corrected chi connectivity index (χ2v) is 8.72. The minimum Gasteiger partial charge on any atom is -0.460 e. The molecule has 5 aromatic rings. The molecule has 32 heavy (non-hydrogen) atoms. The third-order valence-electron chi connectivity index (χ3n) is 5.26. The van der Waals surface area contributed by atoms with Gasteiger partial charge in [-0.2, -0.15) is 0 Å². The Balaban J connectivity index is 1.37. The SMILES string of the molecule is O=C(CSc1cccc2cccc(Cl)c12)OCc1cc(=O)oc2ccc3ccccc3c12. The number of carbonyl (C=O) groups is 1. The minimum atomic E-state index is -0.474. The topological polar surface area (TPSA) is 56.5 Å². The van der Waals surface area contributed by atoms with Crippen LogP contribution in [-0.4, -0.2) is 11.7 Å². The van der Waals surface area contributed by atoms with E-state index in [-0.39, 0.29) is 18.3 Å². The lowest BCUT2D eigenvalue weighted by atomic mass is 10.0. The van der Waals surface area contributed by atoms with Crippen LogP contribution in [0, 0.1) is 0 Å². The zero-order valence-corrected chi connectivity index (χ0v) is 18.4. The Bertz CT molecular complexity index is 1540. The molecule has 0 aliphatic carbocycles. The maximum absolute atomic E-state index is 12.5. The summed E-state index contributed by atoms with van der Waals surface area (Å²) in [6.45, 7) is -0.00814. The van der Waals surface area contributed by atoms with Crippen molar-refractivity contribution in [1.29, 1.82) is 0 Å². The van der Waals surface area contributed by atoms with Gasteiger partial charge in [0.1, 0.15) is 12.2 Å². The summed E-state index contributed by atoms with van der Waals surface area (Å²) in [5, 5.41) is 5.33. The molecular formula is C26H17ClO4S. The molecule has 0 spiro atoms. The number of halogens is 1. The maximum Gasteiger partial charge on any atom is 0.336 e. The Labute approximate surface area is 192 Å². The summed E-state index contributed by atoms with van der Waals surface area (Å²) in [6.07, 6.45) is 0. The van der Waals surface area contributed by atoms with Gasteiger partial charge in [0, 0.05) is 32.3 Å². The second kappa shape index (κ2) is 8.69. The highest BCUT2D eigenvalue weighted by molar-refractivity contribution is 8.00. The van der Waals surface area contributed by atoms with Crippen molar-refractivity contribution in [2.45, 2.75) is 11.5 Å².